The van der Waals surface area contributed by atoms with Crippen LogP contribution in [-0.4, -0.2) is 22.6 Å². The zero-order chi connectivity index (χ0) is 11.7. The summed E-state index contributed by atoms with van der Waals surface area (Å²) in [7, 11) is 0. The maximum absolute atomic E-state index is 4.32. The highest BCUT2D eigenvalue weighted by Gasteiger charge is 2.14. The van der Waals surface area contributed by atoms with Gasteiger partial charge in [0.1, 0.15) is 4.60 Å². The van der Waals surface area contributed by atoms with Gasteiger partial charge in [0.15, 0.2) is 0 Å². The average Bonchev–Trinajstić information content (AvgIpc) is 2.73. The summed E-state index contributed by atoms with van der Waals surface area (Å²) in [5.41, 5.74) is 1.24. The van der Waals surface area contributed by atoms with Gasteiger partial charge in [0.25, 0.3) is 0 Å². The number of nitrogens with one attached hydrogen (secondary N) is 1. The van der Waals surface area contributed by atoms with Crippen molar-refractivity contribution in [2.24, 2.45) is 5.92 Å². The minimum absolute atomic E-state index is 0.801. The molecule has 0 saturated carbocycles. The van der Waals surface area contributed by atoms with E-state index in [0.717, 1.165) is 30.2 Å². The van der Waals surface area contributed by atoms with E-state index < -0.39 is 0 Å². The Morgan fingerprint density at radius 3 is 3.06 bits per heavy atom. The van der Waals surface area contributed by atoms with E-state index in [4.69, 9.17) is 0 Å². The summed E-state index contributed by atoms with van der Waals surface area (Å²) in [6.45, 7) is 3.44. The quantitative estimate of drug-likeness (QED) is 0.863. The summed E-state index contributed by atoms with van der Waals surface area (Å²) in [5, 5.41) is 4.68. The summed E-state index contributed by atoms with van der Waals surface area (Å²) in [4.78, 5) is 4.32. The smallest absolute Gasteiger partial charge is 0.106 e. The van der Waals surface area contributed by atoms with Gasteiger partial charge in [-0.3, -0.25) is 0 Å². The Hall–Kier alpha value is -0.870. The fraction of sp³-hybridized carbons (Fsp3) is 0.462. The summed E-state index contributed by atoms with van der Waals surface area (Å²) in [6, 6.07) is 4.25. The second kappa shape index (κ2) is 4.78. The highest BCUT2D eigenvalue weighted by molar-refractivity contribution is 9.10. The molecule has 0 unspecified atom stereocenters. The zero-order valence-electron chi connectivity index (χ0n) is 9.69. The Kier molecular flexibility index (Phi) is 3.16. The Balaban J connectivity index is 1.84. The lowest BCUT2D eigenvalue weighted by Gasteiger charge is -2.23. The largest absolute Gasteiger partial charge is 0.346 e. The standard InChI is InChI=1S/C13H16BrN3/c14-13-7-11-3-6-17(12(11)8-16-13)9-10-1-4-15-5-2-10/h3,6-8,10,15H,1-2,4-5,9H2. The number of pyridine rings is 1. The predicted octanol–water partition coefficient (Wildman–Crippen LogP) is 2.80. The Bertz CT molecular complexity index is 514. The lowest BCUT2D eigenvalue weighted by molar-refractivity contribution is 0.337. The van der Waals surface area contributed by atoms with Crippen molar-refractivity contribution >= 4 is 26.8 Å². The monoisotopic (exact) mass is 293 g/mol. The molecule has 0 amide bonds. The van der Waals surface area contributed by atoms with E-state index in [2.05, 4.69) is 49.1 Å². The van der Waals surface area contributed by atoms with Crippen molar-refractivity contribution in [1.82, 2.24) is 14.9 Å². The highest BCUT2D eigenvalue weighted by Crippen LogP contribution is 2.21. The molecule has 17 heavy (non-hydrogen) atoms. The van der Waals surface area contributed by atoms with E-state index in [1.165, 1.54) is 23.7 Å². The number of piperidine rings is 1. The van der Waals surface area contributed by atoms with Gasteiger partial charge in [-0.2, -0.15) is 0 Å². The van der Waals surface area contributed by atoms with E-state index in [1.54, 1.807) is 0 Å². The lowest BCUT2D eigenvalue weighted by Crippen LogP contribution is -2.29. The van der Waals surface area contributed by atoms with Gasteiger partial charge < -0.3 is 9.88 Å². The SMILES string of the molecule is Brc1cc2ccn(CC3CCNCC3)c2cn1. The van der Waals surface area contributed by atoms with Gasteiger partial charge in [-0.1, -0.05) is 0 Å². The van der Waals surface area contributed by atoms with Crippen molar-refractivity contribution in [1.29, 1.82) is 0 Å². The first-order valence-electron chi connectivity index (χ1n) is 6.14. The van der Waals surface area contributed by atoms with Crippen LogP contribution in [0.1, 0.15) is 12.8 Å². The van der Waals surface area contributed by atoms with Crippen LogP contribution in [0, 0.1) is 5.92 Å². The number of nitrogens with zero attached hydrogens (tertiary/aromatic N) is 2. The van der Waals surface area contributed by atoms with Crippen LogP contribution in [0.4, 0.5) is 0 Å². The van der Waals surface area contributed by atoms with E-state index >= 15 is 0 Å². The van der Waals surface area contributed by atoms with E-state index in [0.29, 0.717) is 0 Å². The van der Waals surface area contributed by atoms with Crippen LogP contribution in [0.15, 0.2) is 29.1 Å². The second-order valence-electron chi connectivity index (χ2n) is 4.73. The lowest BCUT2D eigenvalue weighted by atomic mass is 9.98. The summed E-state index contributed by atoms with van der Waals surface area (Å²) >= 11 is 3.41. The minimum Gasteiger partial charge on any atom is -0.346 e. The van der Waals surface area contributed by atoms with Crippen molar-refractivity contribution in [2.45, 2.75) is 19.4 Å². The van der Waals surface area contributed by atoms with Gasteiger partial charge in [0.2, 0.25) is 0 Å². The summed E-state index contributed by atoms with van der Waals surface area (Å²) < 4.78 is 3.25. The normalized spacial score (nSPS) is 17.7. The third-order valence-corrected chi connectivity index (χ3v) is 3.97. The van der Waals surface area contributed by atoms with Gasteiger partial charge >= 0.3 is 0 Å². The van der Waals surface area contributed by atoms with Crippen molar-refractivity contribution in [3.05, 3.63) is 29.1 Å². The molecule has 0 aromatic carbocycles. The molecule has 3 rings (SSSR count). The Morgan fingerprint density at radius 2 is 2.24 bits per heavy atom. The fourth-order valence-electron chi connectivity index (χ4n) is 2.56. The first-order chi connectivity index (χ1) is 8.33. The fourth-order valence-corrected chi connectivity index (χ4v) is 2.91. The van der Waals surface area contributed by atoms with Crippen molar-refractivity contribution < 1.29 is 0 Å². The molecule has 90 valence electrons. The van der Waals surface area contributed by atoms with Gasteiger partial charge in [0.05, 0.1) is 11.7 Å². The van der Waals surface area contributed by atoms with Crippen LogP contribution in [0.25, 0.3) is 10.9 Å². The molecule has 0 radical (unpaired) electrons. The zero-order valence-corrected chi connectivity index (χ0v) is 11.3. The molecule has 2 aromatic rings. The van der Waals surface area contributed by atoms with Crippen molar-refractivity contribution in [2.75, 3.05) is 13.1 Å². The maximum Gasteiger partial charge on any atom is 0.106 e. The molecule has 3 nitrogen and oxygen atoms in total. The Labute approximate surface area is 109 Å². The molecular weight excluding hydrogens is 278 g/mol. The van der Waals surface area contributed by atoms with Crippen LogP contribution in [0.3, 0.4) is 0 Å². The first kappa shape index (κ1) is 11.2. The molecule has 4 heteroatoms. The van der Waals surface area contributed by atoms with E-state index in [-0.39, 0.29) is 0 Å². The van der Waals surface area contributed by atoms with E-state index in [1.807, 2.05) is 6.20 Å². The number of aromatic nitrogens is 2. The van der Waals surface area contributed by atoms with Crippen molar-refractivity contribution in [3.8, 4) is 0 Å². The Morgan fingerprint density at radius 1 is 1.41 bits per heavy atom. The summed E-state index contributed by atoms with van der Waals surface area (Å²) in [5.74, 6) is 0.801. The molecule has 1 N–H and O–H groups in total. The third-order valence-electron chi connectivity index (χ3n) is 3.54. The van der Waals surface area contributed by atoms with Gasteiger partial charge in [0, 0.05) is 18.1 Å². The summed E-state index contributed by atoms with van der Waals surface area (Å²) in [6.07, 6.45) is 6.70. The second-order valence-corrected chi connectivity index (χ2v) is 5.54. The predicted molar refractivity (Wildman–Crippen MR) is 73.0 cm³/mol. The number of rotatable bonds is 2. The van der Waals surface area contributed by atoms with Crippen LogP contribution in [0.2, 0.25) is 0 Å². The van der Waals surface area contributed by atoms with Crippen LogP contribution < -0.4 is 5.32 Å². The van der Waals surface area contributed by atoms with Crippen molar-refractivity contribution in [3.63, 3.8) is 0 Å². The molecular formula is C13H16BrN3. The molecule has 1 aliphatic heterocycles. The number of fused-ring (bicyclic) bond motifs is 1. The van der Waals surface area contributed by atoms with Gasteiger partial charge in [-0.15, -0.1) is 0 Å². The molecule has 0 atom stereocenters. The van der Waals surface area contributed by atoms with Crippen LogP contribution in [0.5, 0.6) is 0 Å². The molecule has 2 aromatic heterocycles. The molecule has 0 aliphatic carbocycles. The van der Waals surface area contributed by atoms with Crippen LogP contribution >= 0.6 is 15.9 Å². The number of halogens is 1. The van der Waals surface area contributed by atoms with Gasteiger partial charge in [-0.05, 0) is 59.9 Å². The molecule has 1 aliphatic rings. The minimum atomic E-state index is 0.801. The van der Waals surface area contributed by atoms with Gasteiger partial charge in [-0.25, -0.2) is 4.98 Å². The maximum atomic E-state index is 4.32. The average molecular weight is 294 g/mol. The molecule has 1 saturated heterocycles. The number of hydrogen-bond acceptors (Lipinski definition) is 2. The highest BCUT2D eigenvalue weighted by atomic mass is 79.9. The molecule has 0 bridgehead atoms. The number of hydrogen-bond donors (Lipinski definition) is 1. The molecule has 1 fully saturated rings. The van der Waals surface area contributed by atoms with Crippen LogP contribution in [-0.2, 0) is 6.54 Å². The molecule has 3 heterocycles. The topological polar surface area (TPSA) is 29.9 Å². The molecule has 0 spiro atoms. The van der Waals surface area contributed by atoms with E-state index in [9.17, 15) is 0 Å². The third kappa shape index (κ3) is 2.38. The first-order valence-corrected chi connectivity index (χ1v) is 6.93.